The second-order valence-corrected chi connectivity index (χ2v) is 19.5. The number of hydrogen-bond acceptors (Lipinski definition) is 4. The van der Waals surface area contributed by atoms with E-state index in [1.807, 2.05) is 20.8 Å². The number of hydrogen-bond donors (Lipinski definition) is 1. The van der Waals surface area contributed by atoms with E-state index in [0.29, 0.717) is 61.7 Å². The summed E-state index contributed by atoms with van der Waals surface area (Å²) in [5.74, 6) is 4.37. The number of carbonyl (C=O) groups is 2. The van der Waals surface area contributed by atoms with Crippen molar-refractivity contribution in [2.24, 2.45) is 62.6 Å². The number of nitrogens with zero attached hydrogens (tertiary/aromatic N) is 2. The van der Waals surface area contributed by atoms with Crippen LogP contribution in [-0.4, -0.2) is 64.8 Å². The van der Waals surface area contributed by atoms with Gasteiger partial charge in [-0.05, 0) is 155 Å². The van der Waals surface area contributed by atoms with E-state index >= 15 is 0 Å². The fourth-order valence-electron chi connectivity index (χ4n) is 13.8. The Morgan fingerprint density at radius 1 is 0.711 bits per heavy atom. The number of aliphatic hydroxyl groups is 1. The summed E-state index contributed by atoms with van der Waals surface area (Å²) in [4.78, 5) is 31.6. The van der Waals surface area contributed by atoms with Crippen LogP contribution in [0.2, 0.25) is 0 Å². The predicted octanol–water partition coefficient (Wildman–Crippen LogP) is 7.92. The zero-order valence-corrected chi connectivity index (χ0v) is 29.9. The minimum absolute atomic E-state index is 0.0176. The highest BCUT2D eigenvalue weighted by Gasteiger charge is 2.72. The van der Waals surface area contributed by atoms with Gasteiger partial charge in [0.05, 0.1) is 11.5 Å². The van der Waals surface area contributed by atoms with Gasteiger partial charge in [0.15, 0.2) is 0 Å². The topological polar surface area (TPSA) is 70.1 Å². The monoisotopic (exact) mass is 624 g/mol. The van der Waals surface area contributed by atoms with Crippen LogP contribution in [0.3, 0.4) is 0 Å². The highest BCUT2D eigenvalue weighted by Crippen LogP contribution is 2.78. The molecule has 1 saturated heterocycles. The number of rotatable bonds is 2. The Balaban J connectivity index is 1.15. The maximum atomic E-state index is 14.9. The molecule has 6 aliphatic carbocycles. The molecule has 45 heavy (non-hydrogen) atoms. The van der Waals surface area contributed by atoms with E-state index in [4.69, 9.17) is 4.74 Å². The number of aliphatic hydroxyl groups excluding tert-OH is 1. The van der Waals surface area contributed by atoms with Gasteiger partial charge in [0.25, 0.3) is 0 Å². The molecule has 2 amide bonds. The molecule has 1 aliphatic heterocycles. The zero-order valence-electron chi connectivity index (χ0n) is 29.9. The third-order valence-electron chi connectivity index (χ3n) is 16.3. The Morgan fingerprint density at radius 2 is 1.38 bits per heavy atom. The van der Waals surface area contributed by atoms with Crippen molar-refractivity contribution < 1.29 is 19.4 Å². The van der Waals surface area contributed by atoms with Crippen LogP contribution >= 0.6 is 0 Å². The van der Waals surface area contributed by atoms with Crippen molar-refractivity contribution >= 4 is 12.0 Å². The molecule has 0 unspecified atom stereocenters. The smallest absolute Gasteiger partial charge is 0.410 e. The number of amides is 2. The fourth-order valence-corrected chi connectivity index (χ4v) is 13.8. The molecule has 6 saturated carbocycles. The molecule has 1 N–H and O–H groups in total. The quantitative estimate of drug-likeness (QED) is 0.339. The second-order valence-electron chi connectivity index (χ2n) is 19.5. The van der Waals surface area contributed by atoms with E-state index in [-0.39, 0.29) is 39.3 Å². The van der Waals surface area contributed by atoms with Gasteiger partial charge in [-0.25, -0.2) is 4.79 Å². The standard InChI is InChI=1S/C39H64N2O4/c1-34(2,3)45-33(44)41-23-21-40(22-24-41)32(43)39-18-13-26(25-9-10-25)31(39)27-11-12-29-36(6)16-15-30(42)35(4,5)28(36)14-17-38(29,8)37(27,7)19-20-39/h25-31,42H,9-24H2,1-8H3/t26-,27+,28-,29+,30-,31+,36-,37+,38+,39-/m0/s1. The number of ether oxygens (including phenoxy) is 1. The van der Waals surface area contributed by atoms with Crippen molar-refractivity contribution in [3.05, 3.63) is 0 Å². The summed E-state index contributed by atoms with van der Waals surface area (Å²) in [7, 11) is 0. The van der Waals surface area contributed by atoms with Crippen LogP contribution in [0.4, 0.5) is 4.79 Å². The molecular formula is C39H64N2O4. The summed E-state index contributed by atoms with van der Waals surface area (Å²) < 4.78 is 5.66. The molecule has 6 nitrogen and oxygen atoms in total. The van der Waals surface area contributed by atoms with Crippen molar-refractivity contribution in [1.82, 2.24) is 9.80 Å². The Bertz CT molecular complexity index is 1200. The maximum absolute atomic E-state index is 14.9. The summed E-state index contributed by atoms with van der Waals surface area (Å²) >= 11 is 0. The molecule has 1 heterocycles. The lowest BCUT2D eigenvalue weighted by Crippen LogP contribution is -2.67. The second kappa shape index (κ2) is 10.3. The van der Waals surface area contributed by atoms with Crippen molar-refractivity contribution in [3.63, 3.8) is 0 Å². The molecule has 0 aromatic carbocycles. The average Bonchev–Trinajstić information content (AvgIpc) is 3.74. The van der Waals surface area contributed by atoms with E-state index in [0.717, 1.165) is 31.6 Å². The molecule has 0 aromatic heterocycles. The van der Waals surface area contributed by atoms with E-state index in [1.165, 1.54) is 51.4 Å². The highest BCUT2D eigenvalue weighted by molar-refractivity contribution is 5.84. The van der Waals surface area contributed by atoms with Gasteiger partial charge in [-0.15, -0.1) is 0 Å². The largest absolute Gasteiger partial charge is 0.444 e. The number of fused-ring (bicyclic) bond motifs is 7. The molecule has 10 atom stereocenters. The summed E-state index contributed by atoms with van der Waals surface area (Å²) in [5, 5.41) is 11.1. The van der Waals surface area contributed by atoms with Crippen molar-refractivity contribution in [1.29, 1.82) is 0 Å². The van der Waals surface area contributed by atoms with Crippen LogP contribution in [0.1, 0.15) is 132 Å². The van der Waals surface area contributed by atoms with E-state index in [9.17, 15) is 14.7 Å². The van der Waals surface area contributed by atoms with Crippen LogP contribution in [0, 0.1) is 62.6 Å². The predicted molar refractivity (Wildman–Crippen MR) is 177 cm³/mol. The third kappa shape index (κ3) is 4.62. The Morgan fingerprint density at radius 3 is 2.02 bits per heavy atom. The van der Waals surface area contributed by atoms with Gasteiger partial charge in [-0.1, -0.05) is 34.6 Å². The normalized spacial score (nSPS) is 47.7. The molecule has 254 valence electrons. The van der Waals surface area contributed by atoms with E-state index in [2.05, 4.69) is 39.5 Å². The third-order valence-corrected chi connectivity index (χ3v) is 16.3. The number of piperazine rings is 1. The fraction of sp³-hybridized carbons (Fsp3) is 0.949. The highest BCUT2D eigenvalue weighted by atomic mass is 16.6. The first-order valence-corrected chi connectivity index (χ1v) is 18.9. The van der Waals surface area contributed by atoms with Gasteiger partial charge in [-0.3, -0.25) is 4.79 Å². The number of carbonyl (C=O) groups excluding carboxylic acids is 2. The van der Waals surface area contributed by atoms with Gasteiger partial charge >= 0.3 is 6.09 Å². The Kier molecular flexibility index (Phi) is 7.42. The van der Waals surface area contributed by atoms with Gasteiger partial charge < -0.3 is 19.6 Å². The molecule has 0 aromatic rings. The first-order chi connectivity index (χ1) is 21.0. The molecule has 0 radical (unpaired) electrons. The summed E-state index contributed by atoms with van der Waals surface area (Å²) in [6.07, 6.45) is 14.0. The van der Waals surface area contributed by atoms with Crippen LogP contribution in [0.25, 0.3) is 0 Å². The minimum Gasteiger partial charge on any atom is -0.444 e. The molecule has 6 heteroatoms. The van der Waals surface area contributed by atoms with Gasteiger partial charge in [0.1, 0.15) is 5.60 Å². The van der Waals surface area contributed by atoms with Gasteiger partial charge in [0, 0.05) is 26.2 Å². The van der Waals surface area contributed by atoms with Gasteiger partial charge in [-0.2, -0.15) is 0 Å². The molecule has 7 rings (SSSR count). The SMILES string of the molecule is CC(C)(C)OC(=O)N1CCN(C(=O)[C@]23CC[C@@H](C4CC4)[C@@H]2[C@H]2CC[C@@H]4[C@@]5(C)CC[C@H](O)C(C)(C)[C@@H]5CC[C@@]4(C)[C@]2(C)CC3)CC1. The van der Waals surface area contributed by atoms with Crippen LogP contribution < -0.4 is 0 Å². The summed E-state index contributed by atoms with van der Waals surface area (Å²) in [5.41, 5.74) is 0.0831. The van der Waals surface area contributed by atoms with Crippen LogP contribution in [0.15, 0.2) is 0 Å². The molecule has 7 aliphatic rings. The lowest BCUT2D eigenvalue weighted by atomic mass is 9.32. The van der Waals surface area contributed by atoms with Crippen LogP contribution in [0.5, 0.6) is 0 Å². The molecule has 7 fully saturated rings. The van der Waals surface area contributed by atoms with Crippen molar-refractivity contribution in [2.75, 3.05) is 26.2 Å². The van der Waals surface area contributed by atoms with E-state index < -0.39 is 5.60 Å². The van der Waals surface area contributed by atoms with Gasteiger partial charge in [0.2, 0.25) is 5.91 Å². The van der Waals surface area contributed by atoms with E-state index in [1.54, 1.807) is 4.90 Å². The summed E-state index contributed by atoms with van der Waals surface area (Å²) in [6, 6.07) is 0. The molecule has 0 spiro atoms. The lowest BCUT2D eigenvalue weighted by molar-refractivity contribution is -0.248. The first-order valence-electron chi connectivity index (χ1n) is 18.9. The zero-order chi connectivity index (χ0) is 32.4. The van der Waals surface area contributed by atoms with Crippen molar-refractivity contribution in [2.45, 2.75) is 144 Å². The lowest BCUT2D eigenvalue weighted by Gasteiger charge is -2.73. The Labute approximate surface area is 273 Å². The van der Waals surface area contributed by atoms with Crippen molar-refractivity contribution in [3.8, 4) is 0 Å². The molecular weight excluding hydrogens is 560 g/mol. The average molecular weight is 625 g/mol. The first kappa shape index (κ1) is 32.3. The van der Waals surface area contributed by atoms with Crippen LogP contribution in [-0.2, 0) is 9.53 Å². The minimum atomic E-state index is -0.507. The summed E-state index contributed by atoms with van der Waals surface area (Å²) in [6.45, 7) is 20.8. The molecule has 0 bridgehead atoms. The Hall–Kier alpha value is -1.30. The maximum Gasteiger partial charge on any atom is 0.410 e.